The third-order valence-corrected chi connectivity index (χ3v) is 6.11. The van der Waals surface area contributed by atoms with Crippen LogP contribution in [0.5, 0.6) is 0 Å². The van der Waals surface area contributed by atoms with Crippen molar-refractivity contribution in [2.45, 2.75) is 18.0 Å². The molecule has 1 aromatic carbocycles. The number of rotatable bonds is 6. The first-order chi connectivity index (χ1) is 12.3. The summed E-state index contributed by atoms with van der Waals surface area (Å²) < 4.78 is 28.3. The van der Waals surface area contributed by atoms with Gasteiger partial charge in [-0.25, -0.2) is 12.7 Å². The van der Waals surface area contributed by atoms with Gasteiger partial charge in [-0.1, -0.05) is 18.2 Å². The number of benzene rings is 1. The average Bonchev–Trinajstić information content (AvgIpc) is 3.00. The van der Waals surface area contributed by atoms with E-state index in [1.807, 2.05) is 43.4 Å². The number of nitrogens with zero attached hydrogens (tertiary/aromatic N) is 4. The lowest BCUT2D eigenvalue weighted by molar-refractivity contribution is 0.461. The Hall–Kier alpha value is -2.32. The van der Waals surface area contributed by atoms with E-state index in [-0.39, 0.29) is 0 Å². The van der Waals surface area contributed by atoms with Crippen molar-refractivity contribution in [3.63, 3.8) is 0 Å². The highest BCUT2D eigenvalue weighted by Gasteiger charge is 2.21. The summed E-state index contributed by atoms with van der Waals surface area (Å²) in [6, 6.07) is 11.1. The van der Waals surface area contributed by atoms with Gasteiger partial charge in [0.05, 0.1) is 11.4 Å². The number of guanidine groups is 1. The molecule has 0 atom stereocenters. The van der Waals surface area contributed by atoms with Crippen LogP contribution in [0.3, 0.4) is 0 Å². The second-order valence-electron chi connectivity index (χ2n) is 6.26. The quantitative estimate of drug-likeness (QED) is 0.612. The molecule has 0 amide bonds. The SMILES string of the molecule is CN=C(NCc1ccccc1S(=O)(=O)N(C)C)N(C)Cc1cccn1C. The zero-order chi connectivity index (χ0) is 19.3. The van der Waals surface area contributed by atoms with E-state index in [2.05, 4.69) is 20.9 Å². The van der Waals surface area contributed by atoms with Gasteiger partial charge in [0.15, 0.2) is 5.96 Å². The van der Waals surface area contributed by atoms with Gasteiger partial charge in [0.1, 0.15) is 0 Å². The molecular weight excluding hydrogens is 350 g/mol. The summed E-state index contributed by atoms with van der Waals surface area (Å²) in [6.07, 6.45) is 2.00. The minimum Gasteiger partial charge on any atom is -0.353 e. The highest BCUT2D eigenvalue weighted by Crippen LogP contribution is 2.18. The third-order valence-electron chi connectivity index (χ3n) is 4.19. The summed E-state index contributed by atoms with van der Waals surface area (Å²) in [5.41, 5.74) is 1.86. The molecule has 2 aromatic rings. The highest BCUT2D eigenvalue weighted by atomic mass is 32.2. The van der Waals surface area contributed by atoms with E-state index < -0.39 is 10.0 Å². The fourth-order valence-corrected chi connectivity index (χ4v) is 3.75. The minimum absolute atomic E-state index is 0.304. The lowest BCUT2D eigenvalue weighted by Crippen LogP contribution is -2.38. The molecule has 142 valence electrons. The lowest BCUT2D eigenvalue weighted by Gasteiger charge is -2.23. The third kappa shape index (κ3) is 4.44. The number of hydrogen-bond donors (Lipinski definition) is 1. The van der Waals surface area contributed by atoms with Crippen molar-refractivity contribution < 1.29 is 8.42 Å². The number of sulfonamides is 1. The molecule has 0 radical (unpaired) electrons. The first-order valence-electron chi connectivity index (χ1n) is 8.29. The predicted molar refractivity (Wildman–Crippen MR) is 104 cm³/mol. The summed E-state index contributed by atoms with van der Waals surface area (Å²) in [6.45, 7) is 1.06. The van der Waals surface area contributed by atoms with Gasteiger partial charge in [0.25, 0.3) is 0 Å². The molecular formula is C18H27N5O2S. The van der Waals surface area contributed by atoms with E-state index in [9.17, 15) is 8.42 Å². The van der Waals surface area contributed by atoms with Gasteiger partial charge < -0.3 is 14.8 Å². The molecule has 0 aliphatic carbocycles. The molecule has 0 saturated carbocycles. The van der Waals surface area contributed by atoms with Crippen LogP contribution in [0.25, 0.3) is 0 Å². The predicted octanol–water partition coefficient (Wildman–Crippen LogP) is 1.48. The van der Waals surface area contributed by atoms with Gasteiger partial charge in [0, 0.05) is 53.7 Å². The molecule has 26 heavy (non-hydrogen) atoms. The van der Waals surface area contributed by atoms with Crippen LogP contribution in [0.1, 0.15) is 11.3 Å². The lowest BCUT2D eigenvalue weighted by atomic mass is 10.2. The van der Waals surface area contributed by atoms with Gasteiger partial charge >= 0.3 is 0 Å². The molecule has 0 fully saturated rings. The first-order valence-corrected chi connectivity index (χ1v) is 9.73. The van der Waals surface area contributed by atoms with E-state index in [1.54, 1.807) is 19.2 Å². The van der Waals surface area contributed by atoms with Gasteiger partial charge in [-0.05, 0) is 23.8 Å². The van der Waals surface area contributed by atoms with Gasteiger partial charge in [-0.15, -0.1) is 0 Å². The number of nitrogens with one attached hydrogen (secondary N) is 1. The topological polar surface area (TPSA) is 69.9 Å². The molecule has 1 aromatic heterocycles. The maximum Gasteiger partial charge on any atom is 0.242 e. The molecule has 0 unspecified atom stereocenters. The molecule has 7 nitrogen and oxygen atoms in total. The normalized spacial score (nSPS) is 12.5. The molecule has 0 saturated heterocycles. The van der Waals surface area contributed by atoms with E-state index >= 15 is 0 Å². The molecule has 2 rings (SSSR count). The Labute approximate surface area is 156 Å². The summed E-state index contributed by atoms with van der Waals surface area (Å²) in [5, 5.41) is 3.25. The van der Waals surface area contributed by atoms with Crippen LogP contribution in [0.15, 0.2) is 52.5 Å². The molecule has 0 aliphatic rings. The average molecular weight is 378 g/mol. The fraction of sp³-hybridized carbons (Fsp3) is 0.389. The van der Waals surface area contributed by atoms with Crippen LogP contribution in [0, 0.1) is 0 Å². The number of aryl methyl sites for hydroxylation is 1. The summed E-state index contributed by atoms with van der Waals surface area (Å²) >= 11 is 0. The first kappa shape index (κ1) is 20.0. The maximum atomic E-state index is 12.5. The zero-order valence-electron chi connectivity index (χ0n) is 16.0. The molecule has 0 spiro atoms. The Balaban J connectivity index is 2.13. The Kier molecular flexibility index (Phi) is 6.44. The van der Waals surface area contributed by atoms with Crippen molar-refractivity contribution in [2.75, 3.05) is 28.2 Å². The van der Waals surface area contributed by atoms with Crippen molar-refractivity contribution in [3.8, 4) is 0 Å². The van der Waals surface area contributed by atoms with E-state index in [4.69, 9.17) is 0 Å². The molecule has 1 heterocycles. The largest absolute Gasteiger partial charge is 0.353 e. The van der Waals surface area contributed by atoms with Crippen LogP contribution >= 0.6 is 0 Å². The van der Waals surface area contributed by atoms with E-state index in [1.165, 1.54) is 18.4 Å². The van der Waals surface area contributed by atoms with Crippen molar-refractivity contribution in [2.24, 2.45) is 12.0 Å². The zero-order valence-corrected chi connectivity index (χ0v) is 16.8. The summed E-state index contributed by atoms with van der Waals surface area (Å²) in [4.78, 5) is 6.60. The Morgan fingerprint density at radius 2 is 1.85 bits per heavy atom. The number of aromatic nitrogens is 1. The van der Waals surface area contributed by atoms with Crippen molar-refractivity contribution in [1.82, 2.24) is 19.1 Å². The molecule has 8 heteroatoms. The van der Waals surface area contributed by atoms with Gasteiger partial charge in [-0.2, -0.15) is 0 Å². The Bertz CT molecular complexity index is 871. The van der Waals surface area contributed by atoms with Crippen LogP contribution in [-0.2, 0) is 30.2 Å². The molecule has 1 N–H and O–H groups in total. The Morgan fingerprint density at radius 3 is 2.42 bits per heavy atom. The van der Waals surface area contributed by atoms with Crippen LogP contribution < -0.4 is 5.32 Å². The number of hydrogen-bond acceptors (Lipinski definition) is 3. The van der Waals surface area contributed by atoms with Crippen LogP contribution in [0.4, 0.5) is 0 Å². The molecule has 0 aliphatic heterocycles. The fourth-order valence-electron chi connectivity index (χ4n) is 2.64. The minimum atomic E-state index is -3.49. The van der Waals surface area contributed by atoms with Crippen molar-refractivity contribution >= 4 is 16.0 Å². The molecule has 0 bridgehead atoms. The highest BCUT2D eigenvalue weighted by molar-refractivity contribution is 7.89. The second-order valence-corrected chi connectivity index (χ2v) is 8.38. The maximum absolute atomic E-state index is 12.5. The van der Waals surface area contributed by atoms with Crippen LogP contribution in [-0.4, -0.2) is 56.3 Å². The second kappa shape index (κ2) is 8.37. The van der Waals surface area contributed by atoms with Gasteiger partial charge in [0.2, 0.25) is 10.0 Å². The van der Waals surface area contributed by atoms with Crippen molar-refractivity contribution in [3.05, 3.63) is 53.9 Å². The van der Waals surface area contributed by atoms with Gasteiger partial charge in [-0.3, -0.25) is 4.99 Å². The van der Waals surface area contributed by atoms with E-state index in [0.717, 1.165) is 5.69 Å². The summed E-state index contributed by atoms with van der Waals surface area (Å²) in [7, 11) is 5.24. The standard InChI is InChI=1S/C18H27N5O2S/c1-19-18(23(5)14-16-10-8-12-22(16)4)20-13-15-9-6-7-11-17(15)26(24,25)21(2)3/h6-12H,13-14H2,1-5H3,(H,19,20). The Morgan fingerprint density at radius 1 is 1.15 bits per heavy atom. The number of aliphatic imine (C=N–C) groups is 1. The van der Waals surface area contributed by atoms with E-state index in [0.29, 0.717) is 29.5 Å². The summed E-state index contributed by atoms with van der Waals surface area (Å²) in [5.74, 6) is 0.697. The smallest absolute Gasteiger partial charge is 0.242 e. The monoisotopic (exact) mass is 377 g/mol. The van der Waals surface area contributed by atoms with Crippen molar-refractivity contribution in [1.29, 1.82) is 0 Å². The van der Waals surface area contributed by atoms with Crippen LogP contribution in [0.2, 0.25) is 0 Å².